The zero-order chi connectivity index (χ0) is 46.9. The van der Waals surface area contributed by atoms with E-state index in [1.165, 1.54) is 83.5 Å². The maximum absolute atomic E-state index is 5.54. The van der Waals surface area contributed by atoms with Crippen LogP contribution in [0.5, 0.6) is 0 Å². The first-order valence-corrected chi connectivity index (χ1v) is 24.5. The van der Waals surface area contributed by atoms with Crippen molar-refractivity contribution in [3.8, 4) is 100 Å². The minimum absolute atomic E-state index is 0. The van der Waals surface area contributed by atoms with Gasteiger partial charge in [-0.15, -0.1) is 29.3 Å². The topological polar surface area (TPSA) is 12.9 Å². The van der Waals surface area contributed by atoms with Crippen LogP contribution < -0.4 is 0 Å². The molecule has 0 aliphatic heterocycles. The summed E-state index contributed by atoms with van der Waals surface area (Å²) in [5.74, 6) is 0. The van der Waals surface area contributed by atoms with Crippen molar-refractivity contribution in [2.45, 2.75) is 5.41 Å². The number of rotatable bonds is 7. The molecule has 0 saturated heterocycles. The largest absolute Gasteiger partial charge is 0.296 e. The molecular weight excluding hydrogens is 1050 g/mol. The second-order valence-corrected chi connectivity index (χ2v) is 18.9. The monoisotopic (exact) mass is 1090 g/mol. The van der Waals surface area contributed by atoms with Gasteiger partial charge in [0.1, 0.15) is 0 Å². The van der Waals surface area contributed by atoms with Crippen LogP contribution in [0.2, 0.25) is 0 Å². The molecule has 0 bridgehead atoms. The van der Waals surface area contributed by atoms with Gasteiger partial charge in [0.2, 0.25) is 0 Å². The van der Waals surface area contributed by atoms with Crippen molar-refractivity contribution in [3.63, 3.8) is 0 Å². The summed E-state index contributed by atoms with van der Waals surface area (Å²) < 4.78 is 0. The molecule has 1 nitrogen and oxygen atoms in total. The first kappa shape index (κ1) is 43.5. The number of hydrogen-bond donors (Lipinski definition) is 0. The third-order valence-electron chi connectivity index (χ3n) is 15.0. The van der Waals surface area contributed by atoms with Gasteiger partial charge in [-0.25, -0.2) is 0 Å². The second-order valence-electron chi connectivity index (χ2n) is 18.9. The zero-order valence-corrected chi connectivity index (χ0v) is 41.6. The Balaban J connectivity index is 0.00000504. The number of nitrogens with zero attached hydrogens (tertiary/aromatic N) is 1. The minimum Gasteiger partial charge on any atom is -0.296 e. The van der Waals surface area contributed by atoms with Gasteiger partial charge in [-0.2, -0.15) is 0 Å². The van der Waals surface area contributed by atoms with Crippen LogP contribution in [0.3, 0.4) is 0 Å². The fourth-order valence-corrected chi connectivity index (χ4v) is 11.7. The molecule has 1 spiro atoms. The van der Waals surface area contributed by atoms with Crippen molar-refractivity contribution < 1.29 is 20.1 Å². The first-order chi connectivity index (χ1) is 35.2. The van der Waals surface area contributed by atoms with Crippen molar-refractivity contribution in [2.24, 2.45) is 0 Å². The quantitative estimate of drug-likeness (QED) is 0.145. The standard InChI is InChI=1S/C70H44N.Ir/c1-3-17-46(18-4-1)48-21-13-23-50(39-48)52-25-15-26-53(41-52)55-36-38-68-63(43-55)62(56-28-16-27-54(42-56)51-24-14-22-49(40-51)47-19-5-2-6-20-47)45-69(71-68)57-35-37-61-60-31-9-12-34-66(60)70(67(61)44-57)64-32-10-7-29-58(64)59-30-8-11-33-65(59)70;/h1-34,36-45H;/q-1;. The summed E-state index contributed by atoms with van der Waals surface area (Å²) in [6, 6.07) is 101. The minimum atomic E-state index is -0.461. The van der Waals surface area contributed by atoms with Crippen LogP contribution in [0, 0.1) is 6.07 Å². The van der Waals surface area contributed by atoms with Crippen molar-refractivity contribution in [1.29, 1.82) is 0 Å². The fourth-order valence-electron chi connectivity index (χ4n) is 11.7. The van der Waals surface area contributed by atoms with Crippen molar-refractivity contribution in [3.05, 3.63) is 295 Å². The maximum Gasteiger partial charge on any atom is 0.0602 e. The molecule has 0 atom stereocenters. The Morgan fingerprint density at radius 2 is 0.667 bits per heavy atom. The van der Waals surface area contributed by atoms with Gasteiger partial charge in [-0.05, 0) is 137 Å². The van der Waals surface area contributed by atoms with Crippen LogP contribution >= 0.6 is 0 Å². The van der Waals surface area contributed by atoms with E-state index in [1.807, 2.05) is 0 Å². The zero-order valence-electron chi connectivity index (χ0n) is 39.2. The van der Waals surface area contributed by atoms with E-state index in [0.717, 1.165) is 50.0 Å². The van der Waals surface area contributed by atoms with Crippen molar-refractivity contribution >= 4 is 10.9 Å². The summed E-state index contributed by atoms with van der Waals surface area (Å²) in [6.07, 6.45) is 0. The van der Waals surface area contributed by atoms with Crippen LogP contribution in [0.15, 0.2) is 267 Å². The molecule has 72 heavy (non-hydrogen) atoms. The molecule has 2 aliphatic carbocycles. The van der Waals surface area contributed by atoms with E-state index >= 15 is 0 Å². The molecule has 14 rings (SSSR count). The second kappa shape index (κ2) is 17.7. The maximum atomic E-state index is 5.54. The van der Waals surface area contributed by atoms with Gasteiger partial charge in [-0.1, -0.05) is 230 Å². The van der Waals surface area contributed by atoms with Gasteiger partial charge < -0.3 is 0 Å². The fraction of sp³-hybridized carbons (Fsp3) is 0.0143. The summed E-state index contributed by atoms with van der Waals surface area (Å²) in [7, 11) is 0. The van der Waals surface area contributed by atoms with E-state index in [0.29, 0.717) is 0 Å². The molecule has 1 radical (unpaired) electrons. The number of pyridine rings is 1. The van der Waals surface area contributed by atoms with E-state index in [4.69, 9.17) is 4.98 Å². The molecular formula is C70H44IrN-. The first-order valence-electron chi connectivity index (χ1n) is 24.5. The average molecular weight is 1090 g/mol. The normalized spacial score (nSPS) is 12.4. The number of fused-ring (bicyclic) bond motifs is 11. The van der Waals surface area contributed by atoms with Gasteiger partial charge >= 0.3 is 0 Å². The summed E-state index contributed by atoms with van der Waals surface area (Å²) >= 11 is 0. The summed E-state index contributed by atoms with van der Waals surface area (Å²) in [4.78, 5) is 5.54. The van der Waals surface area contributed by atoms with Gasteiger partial charge in [0.05, 0.1) is 10.9 Å². The van der Waals surface area contributed by atoms with E-state index < -0.39 is 5.41 Å². The SMILES string of the molecule is [Ir].[c-]1cc2c(cc1-c1cc(-c3cccc(-c4cccc(-c5ccccc5)c4)c3)c3cc(-c4cccc(-c5cccc(-c6ccccc6)c5)c4)ccc3n1)C1(c3ccccc3-c3ccccc31)c1ccccc1-2. The van der Waals surface area contributed by atoms with Crippen molar-refractivity contribution in [2.75, 3.05) is 0 Å². The molecule has 1 heterocycles. The Morgan fingerprint density at radius 1 is 0.278 bits per heavy atom. The van der Waals surface area contributed by atoms with Crippen LogP contribution in [-0.2, 0) is 25.5 Å². The predicted octanol–water partition coefficient (Wildman–Crippen LogP) is 18.0. The Bertz CT molecular complexity index is 3990. The molecule has 1 aromatic heterocycles. The number of hydrogen-bond acceptors (Lipinski definition) is 1. The third kappa shape index (κ3) is 7.06. The molecule has 12 aromatic rings. The Hall–Kier alpha value is -8.52. The van der Waals surface area contributed by atoms with E-state index in [-0.39, 0.29) is 20.1 Å². The molecule has 0 saturated carbocycles. The summed E-state index contributed by atoms with van der Waals surface area (Å²) in [5, 5.41) is 1.10. The number of benzene rings is 11. The Kier molecular flexibility index (Phi) is 10.7. The molecule has 339 valence electrons. The van der Waals surface area contributed by atoms with Crippen LogP contribution in [0.1, 0.15) is 22.3 Å². The van der Waals surface area contributed by atoms with E-state index in [9.17, 15) is 0 Å². The Morgan fingerprint density at radius 3 is 1.17 bits per heavy atom. The van der Waals surface area contributed by atoms with Gasteiger partial charge in [-0.3, -0.25) is 4.98 Å². The van der Waals surface area contributed by atoms with E-state index in [1.54, 1.807) is 0 Å². The molecule has 0 unspecified atom stereocenters. The third-order valence-corrected chi connectivity index (χ3v) is 15.0. The van der Waals surface area contributed by atoms with Crippen LogP contribution in [0.25, 0.3) is 111 Å². The predicted molar refractivity (Wildman–Crippen MR) is 295 cm³/mol. The van der Waals surface area contributed by atoms with Crippen LogP contribution in [-0.4, -0.2) is 4.98 Å². The van der Waals surface area contributed by atoms with Crippen LogP contribution in [0.4, 0.5) is 0 Å². The summed E-state index contributed by atoms with van der Waals surface area (Å²) in [6.45, 7) is 0. The molecule has 0 amide bonds. The molecule has 11 aromatic carbocycles. The van der Waals surface area contributed by atoms with Crippen molar-refractivity contribution in [1.82, 2.24) is 4.98 Å². The summed E-state index contributed by atoms with van der Waals surface area (Å²) in [5.41, 5.74) is 26.7. The molecule has 0 N–H and O–H groups in total. The Labute approximate surface area is 434 Å². The number of aromatic nitrogens is 1. The van der Waals surface area contributed by atoms with Gasteiger partial charge in [0.25, 0.3) is 0 Å². The smallest absolute Gasteiger partial charge is 0.0602 e. The van der Waals surface area contributed by atoms with Gasteiger partial charge in [0, 0.05) is 25.5 Å². The molecule has 2 aliphatic rings. The average Bonchev–Trinajstić information content (AvgIpc) is 3.92. The van der Waals surface area contributed by atoms with E-state index in [2.05, 4.69) is 273 Å². The molecule has 0 fully saturated rings. The molecule has 2 heteroatoms. The van der Waals surface area contributed by atoms with Gasteiger partial charge in [0.15, 0.2) is 0 Å².